The maximum atomic E-state index is 11.1. The van der Waals surface area contributed by atoms with E-state index in [0.29, 0.717) is 4.90 Å². The fraction of sp³-hybridized carbons (Fsp3) is 0.364. The average molecular weight is 270 g/mol. The lowest BCUT2D eigenvalue weighted by Crippen LogP contribution is -2.49. The number of nitro benzene ring substituents is 1. The number of benzene rings is 1. The van der Waals surface area contributed by atoms with E-state index in [9.17, 15) is 14.9 Å². The topological polar surface area (TPSA) is 92.5 Å². The molecule has 1 aromatic rings. The summed E-state index contributed by atoms with van der Waals surface area (Å²) >= 11 is 1.15. The van der Waals surface area contributed by atoms with Gasteiger partial charge < -0.3 is 10.4 Å². The van der Waals surface area contributed by atoms with Gasteiger partial charge in [-0.05, 0) is 20.0 Å². The van der Waals surface area contributed by atoms with Gasteiger partial charge in [0.25, 0.3) is 5.69 Å². The summed E-state index contributed by atoms with van der Waals surface area (Å²) in [6, 6.07) is 6.28. The zero-order valence-corrected chi connectivity index (χ0v) is 10.9. The highest BCUT2D eigenvalue weighted by Crippen LogP contribution is 2.30. The summed E-state index contributed by atoms with van der Waals surface area (Å²) in [5, 5.41) is 22.6. The summed E-state index contributed by atoms with van der Waals surface area (Å²) in [7, 11) is 1.55. The molecule has 0 saturated carbocycles. The molecule has 0 bridgehead atoms. The van der Waals surface area contributed by atoms with Gasteiger partial charge in [0.2, 0.25) is 0 Å². The van der Waals surface area contributed by atoms with E-state index in [2.05, 4.69) is 5.32 Å². The Morgan fingerprint density at radius 1 is 1.56 bits per heavy atom. The molecule has 0 aromatic heterocycles. The van der Waals surface area contributed by atoms with Crippen LogP contribution in [0.2, 0.25) is 0 Å². The third-order valence-corrected chi connectivity index (χ3v) is 3.98. The average Bonchev–Trinajstić information content (AvgIpc) is 2.35. The van der Waals surface area contributed by atoms with Gasteiger partial charge in [-0.25, -0.2) is 0 Å². The molecule has 0 radical (unpaired) electrons. The number of para-hydroxylation sites is 1. The van der Waals surface area contributed by atoms with Crippen molar-refractivity contribution in [3.8, 4) is 0 Å². The van der Waals surface area contributed by atoms with E-state index in [0.717, 1.165) is 11.8 Å². The SMILES string of the molecule is CNC(C)(CSc1ccccc1[N+](=O)[O-])C(=O)O. The van der Waals surface area contributed by atoms with Crippen molar-refractivity contribution in [3.63, 3.8) is 0 Å². The van der Waals surface area contributed by atoms with Crippen molar-refractivity contribution in [2.75, 3.05) is 12.8 Å². The molecule has 1 atom stereocenters. The van der Waals surface area contributed by atoms with Gasteiger partial charge in [0.05, 0.1) is 9.82 Å². The number of carbonyl (C=O) groups is 1. The maximum absolute atomic E-state index is 11.1. The van der Waals surface area contributed by atoms with Crippen LogP contribution in [0.15, 0.2) is 29.2 Å². The van der Waals surface area contributed by atoms with Crippen molar-refractivity contribution in [1.29, 1.82) is 0 Å². The van der Waals surface area contributed by atoms with Crippen LogP contribution >= 0.6 is 11.8 Å². The molecule has 0 fully saturated rings. The van der Waals surface area contributed by atoms with Crippen molar-refractivity contribution in [1.82, 2.24) is 5.32 Å². The molecule has 2 N–H and O–H groups in total. The van der Waals surface area contributed by atoms with Crippen LogP contribution in [-0.4, -0.2) is 34.3 Å². The highest BCUT2D eigenvalue weighted by atomic mass is 32.2. The van der Waals surface area contributed by atoms with E-state index in [1.54, 1.807) is 25.2 Å². The second-order valence-corrected chi connectivity index (χ2v) is 4.92. The molecule has 0 spiro atoms. The highest BCUT2D eigenvalue weighted by molar-refractivity contribution is 7.99. The molecular weight excluding hydrogens is 256 g/mol. The molecule has 1 unspecified atom stereocenters. The van der Waals surface area contributed by atoms with Crippen molar-refractivity contribution >= 4 is 23.4 Å². The van der Waals surface area contributed by atoms with Gasteiger partial charge in [-0.3, -0.25) is 14.9 Å². The second kappa shape index (κ2) is 5.83. The van der Waals surface area contributed by atoms with E-state index in [4.69, 9.17) is 5.11 Å². The first-order valence-corrected chi connectivity index (χ1v) is 6.18. The summed E-state index contributed by atoms with van der Waals surface area (Å²) in [5.41, 5.74) is -1.12. The van der Waals surface area contributed by atoms with Gasteiger partial charge in [-0.1, -0.05) is 12.1 Å². The van der Waals surface area contributed by atoms with E-state index >= 15 is 0 Å². The molecule has 0 aliphatic carbocycles. The molecule has 0 amide bonds. The van der Waals surface area contributed by atoms with Gasteiger partial charge in [0, 0.05) is 11.8 Å². The standard InChI is InChI=1S/C11H14N2O4S/c1-11(12-2,10(14)15)7-18-9-6-4-3-5-8(9)13(16)17/h3-6,12H,7H2,1-2H3,(H,14,15). The van der Waals surface area contributed by atoms with Gasteiger partial charge in [-0.2, -0.15) is 0 Å². The Labute approximate surface area is 109 Å². The van der Waals surface area contributed by atoms with Crippen LogP contribution in [-0.2, 0) is 4.79 Å². The molecular formula is C11H14N2O4S. The van der Waals surface area contributed by atoms with E-state index in [-0.39, 0.29) is 11.4 Å². The van der Waals surface area contributed by atoms with E-state index < -0.39 is 16.4 Å². The smallest absolute Gasteiger partial charge is 0.324 e. The van der Waals surface area contributed by atoms with Gasteiger partial charge in [-0.15, -0.1) is 11.8 Å². The minimum atomic E-state index is -1.12. The third kappa shape index (κ3) is 3.21. The summed E-state index contributed by atoms with van der Waals surface area (Å²) in [4.78, 5) is 21.9. The fourth-order valence-electron chi connectivity index (χ4n) is 1.19. The normalized spacial score (nSPS) is 13.9. The van der Waals surface area contributed by atoms with Crippen LogP contribution in [0.4, 0.5) is 5.69 Å². The Kier molecular flexibility index (Phi) is 4.69. The Balaban J connectivity index is 2.86. The molecule has 18 heavy (non-hydrogen) atoms. The summed E-state index contributed by atoms with van der Waals surface area (Å²) in [6.07, 6.45) is 0. The number of nitrogens with zero attached hydrogens (tertiary/aromatic N) is 1. The first-order valence-electron chi connectivity index (χ1n) is 5.19. The predicted molar refractivity (Wildman–Crippen MR) is 68.9 cm³/mol. The Bertz CT molecular complexity index is 466. The van der Waals surface area contributed by atoms with E-state index in [1.807, 2.05) is 0 Å². The zero-order chi connectivity index (χ0) is 13.8. The van der Waals surface area contributed by atoms with Crippen LogP contribution in [0.3, 0.4) is 0 Å². The molecule has 98 valence electrons. The minimum Gasteiger partial charge on any atom is -0.480 e. The highest BCUT2D eigenvalue weighted by Gasteiger charge is 2.32. The van der Waals surface area contributed by atoms with Crippen molar-refractivity contribution in [3.05, 3.63) is 34.4 Å². The summed E-state index contributed by atoms with van der Waals surface area (Å²) in [6.45, 7) is 1.54. The quantitative estimate of drug-likeness (QED) is 0.465. The lowest BCUT2D eigenvalue weighted by molar-refractivity contribution is -0.387. The van der Waals surface area contributed by atoms with Crippen LogP contribution in [0, 0.1) is 10.1 Å². The number of aliphatic carboxylic acids is 1. The molecule has 0 saturated heterocycles. The van der Waals surface area contributed by atoms with Crippen LogP contribution in [0.1, 0.15) is 6.92 Å². The second-order valence-electron chi connectivity index (χ2n) is 3.90. The summed E-state index contributed by atoms with van der Waals surface area (Å²) < 4.78 is 0. The molecule has 6 nitrogen and oxygen atoms in total. The number of thioether (sulfide) groups is 1. The molecule has 0 aliphatic rings. The predicted octanol–water partition coefficient (Wildman–Crippen LogP) is 1.75. The zero-order valence-electron chi connectivity index (χ0n) is 10.0. The first-order chi connectivity index (χ1) is 8.40. The lowest BCUT2D eigenvalue weighted by Gasteiger charge is -2.23. The van der Waals surface area contributed by atoms with Crippen molar-refractivity contribution in [2.45, 2.75) is 17.4 Å². The van der Waals surface area contributed by atoms with Gasteiger partial charge in [0.1, 0.15) is 5.54 Å². The van der Waals surface area contributed by atoms with Crippen LogP contribution < -0.4 is 5.32 Å². The molecule has 0 heterocycles. The molecule has 1 rings (SSSR count). The number of carboxylic acids is 1. The van der Waals surface area contributed by atoms with Crippen molar-refractivity contribution < 1.29 is 14.8 Å². The molecule has 1 aromatic carbocycles. The fourth-order valence-corrected chi connectivity index (χ4v) is 2.37. The number of hydrogen-bond acceptors (Lipinski definition) is 5. The van der Waals surface area contributed by atoms with Gasteiger partial charge in [0.15, 0.2) is 0 Å². The van der Waals surface area contributed by atoms with Gasteiger partial charge >= 0.3 is 5.97 Å². The number of carboxylic acid groups (broad SMARTS) is 1. The molecule has 0 aliphatic heterocycles. The number of nitrogens with one attached hydrogen (secondary N) is 1. The number of rotatable bonds is 6. The van der Waals surface area contributed by atoms with Crippen molar-refractivity contribution in [2.24, 2.45) is 0 Å². The Morgan fingerprint density at radius 3 is 2.67 bits per heavy atom. The van der Waals surface area contributed by atoms with Crippen LogP contribution in [0.5, 0.6) is 0 Å². The van der Waals surface area contributed by atoms with Crippen LogP contribution in [0.25, 0.3) is 0 Å². The third-order valence-electron chi connectivity index (χ3n) is 2.60. The molecule has 7 heteroatoms. The monoisotopic (exact) mass is 270 g/mol. The Morgan fingerprint density at radius 2 is 2.17 bits per heavy atom. The largest absolute Gasteiger partial charge is 0.480 e. The number of likely N-dealkylation sites (N-methyl/N-ethyl adjacent to an activating group) is 1. The number of hydrogen-bond donors (Lipinski definition) is 2. The number of nitro groups is 1. The Hall–Kier alpha value is -1.60. The van der Waals surface area contributed by atoms with E-state index in [1.165, 1.54) is 13.0 Å². The summed E-state index contributed by atoms with van der Waals surface area (Å²) in [5.74, 6) is -0.792. The maximum Gasteiger partial charge on any atom is 0.324 e. The first kappa shape index (κ1) is 14.5. The lowest BCUT2D eigenvalue weighted by atomic mass is 10.1. The minimum absolute atomic E-state index is 0.00802.